The molecular weight excluding hydrogens is 359 g/mol. The Hall–Kier alpha value is -1.56. The number of aromatic nitrogens is 2. The molecule has 1 aromatic heterocycles. The second-order valence-corrected chi connectivity index (χ2v) is 7.11. The van der Waals surface area contributed by atoms with E-state index in [2.05, 4.69) is 10.5 Å². The van der Waals surface area contributed by atoms with Crippen molar-refractivity contribution in [3.05, 3.63) is 45.2 Å². The van der Waals surface area contributed by atoms with Gasteiger partial charge in [-0.2, -0.15) is 5.10 Å². The summed E-state index contributed by atoms with van der Waals surface area (Å²) in [7, 11) is 0. The van der Waals surface area contributed by atoms with Crippen LogP contribution in [0.15, 0.2) is 18.2 Å². The number of piperidine rings is 1. The van der Waals surface area contributed by atoms with E-state index in [0.717, 1.165) is 49.3 Å². The van der Waals surface area contributed by atoms with E-state index in [4.69, 9.17) is 23.2 Å². The molecule has 0 unspecified atom stereocenters. The van der Waals surface area contributed by atoms with Crippen molar-refractivity contribution >= 4 is 29.1 Å². The summed E-state index contributed by atoms with van der Waals surface area (Å²) in [6.45, 7) is 5.73. The fraction of sp³-hybridized carbons (Fsp3) is 0.444. The first-order valence-electron chi connectivity index (χ1n) is 8.61. The lowest BCUT2D eigenvalue weighted by Crippen LogP contribution is -2.45. The molecule has 1 saturated heterocycles. The number of rotatable bonds is 4. The highest BCUT2D eigenvalue weighted by molar-refractivity contribution is 6.35. The van der Waals surface area contributed by atoms with E-state index in [1.807, 2.05) is 24.9 Å². The zero-order valence-electron chi connectivity index (χ0n) is 14.5. The summed E-state index contributed by atoms with van der Waals surface area (Å²) < 4.78 is 1.75. The van der Waals surface area contributed by atoms with E-state index < -0.39 is 0 Å². The molecule has 1 aromatic carbocycles. The maximum Gasteiger partial charge on any atom is 0.286 e. The summed E-state index contributed by atoms with van der Waals surface area (Å²) in [6.07, 6.45) is 4.17. The molecule has 7 heteroatoms. The normalized spacial score (nSPS) is 15.4. The lowest BCUT2D eigenvalue weighted by molar-refractivity contribution is 0.0743. The third kappa shape index (κ3) is 3.84. The van der Waals surface area contributed by atoms with E-state index in [1.54, 1.807) is 16.8 Å². The highest BCUT2D eigenvalue weighted by atomic mass is 35.5. The van der Waals surface area contributed by atoms with Crippen LogP contribution in [0.1, 0.15) is 47.9 Å². The van der Waals surface area contributed by atoms with Gasteiger partial charge in [-0.15, -0.1) is 0 Å². The van der Waals surface area contributed by atoms with E-state index in [-0.39, 0.29) is 5.91 Å². The van der Waals surface area contributed by atoms with Gasteiger partial charge in [0.2, 0.25) is 0 Å². The zero-order chi connectivity index (χ0) is 18.0. The Morgan fingerprint density at radius 2 is 1.96 bits per heavy atom. The summed E-state index contributed by atoms with van der Waals surface area (Å²) in [6, 6.07) is 5.28. The van der Waals surface area contributed by atoms with Gasteiger partial charge in [0, 0.05) is 29.4 Å². The van der Waals surface area contributed by atoms with Gasteiger partial charge in [0.05, 0.1) is 10.7 Å². The van der Waals surface area contributed by atoms with Crippen LogP contribution >= 0.6 is 23.2 Å². The lowest BCUT2D eigenvalue weighted by Gasteiger charge is -2.26. The summed E-state index contributed by atoms with van der Waals surface area (Å²) >= 11 is 12.3. The number of hydrazine groups is 1. The molecule has 0 atom stereocenters. The largest absolute Gasteiger partial charge is 0.286 e. The number of benzene rings is 1. The van der Waals surface area contributed by atoms with E-state index in [1.165, 1.54) is 6.42 Å². The first-order chi connectivity index (χ1) is 12.0. The van der Waals surface area contributed by atoms with E-state index >= 15 is 0 Å². The molecule has 0 aliphatic carbocycles. The number of hydrogen-bond donors (Lipinski definition) is 1. The lowest BCUT2D eigenvalue weighted by atomic mass is 10.1. The summed E-state index contributed by atoms with van der Waals surface area (Å²) in [5, 5.41) is 7.61. The number of hydrogen-bond acceptors (Lipinski definition) is 3. The Balaban J connectivity index is 1.93. The van der Waals surface area contributed by atoms with Gasteiger partial charge in [-0.05, 0) is 44.4 Å². The van der Waals surface area contributed by atoms with Crippen molar-refractivity contribution in [1.29, 1.82) is 0 Å². The summed E-state index contributed by atoms with van der Waals surface area (Å²) in [5.74, 6) is -0.169. The molecule has 25 heavy (non-hydrogen) atoms. The van der Waals surface area contributed by atoms with Gasteiger partial charge in [0.1, 0.15) is 0 Å². The average Bonchev–Trinajstić information content (AvgIpc) is 2.92. The number of halogens is 2. The van der Waals surface area contributed by atoms with Gasteiger partial charge < -0.3 is 0 Å². The first kappa shape index (κ1) is 18.2. The summed E-state index contributed by atoms with van der Waals surface area (Å²) in [4.78, 5) is 12.7. The van der Waals surface area contributed by atoms with Crippen LogP contribution in [-0.2, 0) is 6.42 Å². The average molecular weight is 381 g/mol. The maximum atomic E-state index is 12.7. The monoisotopic (exact) mass is 380 g/mol. The Morgan fingerprint density at radius 3 is 2.60 bits per heavy atom. The van der Waals surface area contributed by atoms with Crippen LogP contribution in [0.4, 0.5) is 0 Å². The molecule has 2 aromatic rings. The van der Waals surface area contributed by atoms with Crippen molar-refractivity contribution in [2.75, 3.05) is 13.1 Å². The minimum Gasteiger partial charge on any atom is -0.283 e. The quantitative estimate of drug-likeness (QED) is 0.865. The van der Waals surface area contributed by atoms with Crippen LogP contribution in [0.2, 0.25) is 10.0 Å². The smallest absolute Gasteiger partial charge is 0.283 e. The first-order valence-corrected chi connectivity index (χ1v) is 9.36. The SMILES string of the molecule is CCc1c(C)c(C(=O)NN2CCCCC2)nn1-c1ccc(Cl)cc1Cl. The van der Waals surface area contributed by atoms with Gasteiger partial charge in [-0.1, -0.05) is 36.5 Å². The fourth-order valence-corrected chi connectivity index (χ4v) is 3.70. The van der Waals surface area contributed by atoms with Gasteiger partial charge in [-0.3, -0.25) is 10.2 Å². The van der Waals surface area contributed by atoms with Crippen LogP contribution in [0, 0.1) is 6.92 Å². The van der Waals surface area contributed by atoms with Gasteiger partial charge in [0.15, 0.2) is 5.69 Å². The molecule has 2 heterocycles. The van der Waals surface area contributed by atoms with Crippen LogP contribution in [0.3, 0.4) is 0 Å². The Morgan fingerprint density at radius 1 is 1.24 bits per heavy atom. The van der Waals surface area contributed by atoms with E-state index in [0.29, 0.717) is 15.7 Å². The third-order valence-corrected chi connectivity index (χ3v) is 5.09. The van der Waals surface area contributed by atoms with Crippen LogP contribution < -0.4 is 5.43 Å². The Bertz CT molecular complexity index is 782. The fourth-order valence-electron chi connectivity index (χ4n) is 3.22. The molecular formula is C18H22Cl2N4O. The van der Waals surface area contributed by atoms with Gasteiger partial charge in [-0.25, -0.2) is 9.69 Å². The predicted molar refractivity (Wildman–Crippen MR) is 101 cm³/mol. The number of carbonyl (C=O) groups is 1. The molecule has 0 saturated carbocycles. The molecule has 1 N–H and O–H groups in total. The molecule has 1 amide bonds. The minimum absolute atomic E-state index is 0.169. The molecule has 0 radical (unpaired) electrons. The minimum atomic E-state index is -0.169. The highest BCUT2D eigenvalue weighted by Gasteiger charge is 2.23. The van der Waals surface area contributed by atoms with Crippen LogP contribution in [0.5, 0.6) is 0 Å². The van der Waals surface area contributed by atoms with Gasteiger partial charge in [0.25, 0.3) is 5.91 Å². The van der Waals surface area contributed by atoms with Crippen molar-refractivity contribution in [2.24, 2.45) is 0 Å². The second-order valence-electron chi connectivity index (χ2n) is 6.27. The maximum absolute atomic E-state index is 12.7. The van der Waals surface area contributed by atoms with Gasteiger partial charge >= 0.3 is 0 Å². The van der Waals surface area contributed by atoms with Crippen LogP contribution in [-0.4, -0.2) is 33.8 Å². The van der Waals surface area contributed by atoms with Crippen molar-refractivity contribution in [3.8, 4) is 5.69 Å². The van der Waals surface area contributed by atoms with Crippen molar-refractivity contribution in [3.63, 3.8) is 0 Å². The molecule has 0 bridgehead atoms. The number of amides is 1. The van der Waals surface area contributed by atoms with E-state index in [9.17, 15) is 4.79 Å². The second kappa shape index (κ2) is 7.77. The third-order valence-electron chi connectivity index (χ3n) is 4.55. The van der Waals surface area contributed by atoms with Crippen molar-refractivity contribution in [1.82, 2.24) is 20.2 Å². The molecule has 0 spiro atoms. The molecule has 1 aliphatic rings. The Kier molecular flexibility index (Phi) is 5.67. The molecule has 1 fully saturated rings. The number of nitrogens with one attached hydrogen (secondary N) is 1. The Labute approximate surface area is 157 Å². The standard InChI is InChI=1S/C18H22Cl2N4O/c1-3-15-12(2)17(18(25)22-23-9-5-4-6-10-23)21-24(15)16-8-7-13(19)11-14(16)20/h7-8,11H,3-6,9-10H2,1-2H3,(H,22,25). The van der Waals surface area contributed by atoms with Crippen molar-refractivity contribution < 1.29 is 4.79 Å². The molecule has 5 nitrogen and oxygen atoms in total. The molecule has 3 rings (SSSR count). The van der Waals surface area contributed by atoms with Crippen molar-refractivity contribution in [2.45, 2.75) is 39.5 Å². The number of nitrogens with zero attached hydrogens (tertiary/aromatic N) is 3. The topological polar surface area (TPSA) is 50.2 Å². The molecule has 134 valence electrons. The summed E-state index contributed by atoms with van der Waals surface area (Å²) in [5.41, 5.74) is 5.99. The molecule has 1 aliphatic heterocycles. The predicted octanol–water partition coefficient (Wildman–Crippen LogP) is 4.18. The number of carbonyl (C=O) groups excluding carboxylic acids is 1. The highest BCUT2D eigenvalue weighted by Crippen LogP contribution is 2.27. The van der Waals surface area contributed by atoms with Crippen LogP contribution in [0.25, 0.3) is 5.69 Å². The zero-order valence-corrected chi connectivity index (χ0v) is 16.0.